The average molecular weight is 187 g/mol. The van der Waals surface area contributed by atoms with Gasteiger partial charge in [0.25, 0.3) is 0 Å². The van der Waals surface area contributed by atoms with Crippen molar-refractivity contribution in [3.63, 3.8) is 0 Å². The van der Waals surface area contributed by atoms with Gasteiger partial charge in [0, 0.05) is 18.7 Å². The molecule has 0 aliphatic carbocycles. The SMILES string of the molecule is CC(C)CC(CO)NC1CCOC1. The number of aliphatic hydroxyl groups is 1. The summed E-state index contributed by atoms with van der Waals surface area (Å²) in [6, 6.07) is 0.697. The summed E-state index contributed by atoms with van der Waals surface area (Å²) in [7, 11) is 0. The molecule has 13 heavy (non-hydrogen) atoms. The van der Waals surface area contributed by atoms with Gasteiger partial charge in [0.05, 0.1) is 13.2 Å². The molecule has 2 unspecified atom stereocenters. The minimum absolute atomic E-state index is 0.231. The third-order valence-electron chi connectivity index (χ3n) is 2.38. The Morgan fingerprint density at radius 1 is 1.54 bits per heavy atom. The predicted molar refractivity (Wildman–Crippen MR) is 52.7 cm³/mol. The summed E-state index contributed by atoms with van der Waals surface area (Å²) in [4.78, 5) is 0. The highest BCUT2D eigenvalue weighted by molar-refractivity contribution is 4.77. The minimum atomic E-state index is 0.231. The Morgan fingerprint density at radius 3 is 2.77 bits per heavy atom. The van der Waals surface area contributed by atoms with Gasteiger partial charge in [-0.15, -0.1) is 0 Å². The summed E-state index contributed by atoms with van der Waals surface area (Å²) in [6.45, 7) is 6.24. The Bertz CT molecular complexity index is 133. The molecule has 0 spiro atoms. The monoisotopic (exact) mass is 187 g/mol. The van der Waals surface area contributed by atoms with Crippen LogP contribution in [0.3, 0.4) is 0 Å². The van der Waals surface area contributed by atoms with E-state index < -0.39 is 0 Å². The Hall–Kier alpha value is -0.120. The average Bonchev–Trinajstić information content (AvgIpc) is 2.55. The third-order valence-corrected chi connectivity index (χ3v) is 2.38. The molecular formula is C10H21NO2. The first-order valence-electron chi connectivity index (χ1n) is 5.17. The fourth-order valence-corrected chi connectivity index (χ4v) is 1.76. The Labute approximate surface area is 80.5 Å². The van der Waals surface area contributed by atoms with Crippen molar-refractivity contribution in [2.75, 3.05) is 19.8 Å². The van der Waals surface area contributed by atoms with E-state index in [0.717, 1.165) is 26.1 Å². The topological polar surface area (TPSA) is 41.5 Å². The van der Waals surface area contributed by atoms with Gasteiger partial charge in [-0.3, -0.25) is 0 Å². The first-order chi connectivity index (χ1) is 6.22. The molecule has 0 bridgehead atoms. The Kier molecular flexibility index (Phi) is 4.70. The third kappa shape index (κ3) is 4.07. The second-order valence-corrected chi connectivity index (χ2v) is 4.24. The number of rotatable bonds is 5. The van der Waals surface area contributed by atoms with Crippen molar-refractivity contribution in [2.24, 2.45) is 5.92 Å². The molecule has 0 amide bonds. The fraction of sp³-hybridized carbons (Fsp3) is 1.00. The van der Waals surface area contributed by atoms with Crippen molar-refractivity contribution in [1.82, 2.24) is 5.32 Å². The van der Waals surface area contributed by atoms with Crippen LogP contribution in [0.1, 0.15) is 26.7 Å². The molecule has 1 aliphatic heterocycles. The van der Waals surface area contributed by atoms with Crippen LogP contribution in [0, 0.1) is 5.92 Å². The zero-order valence-corrected chi connectivity index (χ0v) is 8.62. The van der Waals surface area contributed by atoms with Crippen LogP contribution >= 0.6 is 0 Å². The van der Waals surface area contributed by atoms with Crippen LogP contribution in [0.15, 0.2) is 0 Å². The van der Waals surface area contributed by atoms with Gasteiger partial charge in [-0.1, -0.05) is 13.8 Å². The molecule has 1 aliphatic rings. The molecule has 1 heterocycles. The number of ether oxygens (including phenoxy) is 1. The smallest absolute Gasteiger partial charge is 0.0620 e. The van der Waals surface area contributed by atoms with Crippen LogP contribution in [0.4, 0.5) is 0 Å². The second-order valence-electron chi connectivity index (χ2n) is 4.24. The molecular weight excluding hydrogens is 166 g/mol. The number of aliphatic hydroxyl groups excluding tert-OH is 1. The van der Waals surface area contributed by atoms with Gasteiger partial charge >= 0.3 is 0 Å². The van der Waals surface area contributed by atoms with Gasteiger partial charge in [0.2, 0.25) is 0 Å². The molecule has 0 aromatic rings. The number of hydrogen-bond donors (Lipinski definition) is 2. The molecule has 2 N–H and O–H groups in total. The van der Waals surface area contributed by atoms with Gasteiger partial charge in [0.15, 0.2) is 0 Å². The maximum atomic E-state index is 9.13. The molecule has 78 valence electrons. The van der Waals surface area contributed by atoms with E-state index in [1.54, 1.807) is 0 Å². The van der Waals surface area contributed by atoms with Crippen LogP contribution in [0.2, 0.25) is 0 Å². The maximum absolute atomic E-state index is 9.13. The molecule has 1 fully saturated rings. The van der Waals surface area contributed by atoms with Gasteiger partial charge in [0.1, 0.15) is 0 Å². The van der Waals surface area contributed by atoms with Gasteiger partial charge in [-0.2, -0.15) is 0 Å². The van der Waals surface area contributed by atoms with E-state index >= 15 is 0 Å². The molecule has 0 radical (unpaired) electrons. The molecule has 2 atom stereocenters. The van der Waals surface area contributed by atoms with E-state index in [9.17, 15) is 0 Å². The van der Waals surface area contributed by atoms with Crippen LogP contribution in [-0.2, 0) is 4.74 Å². The van der Waals surface area contributed by atoms with Crippen LogP contribution < -0.4 is 5.32 Å². The van der Waals surface area contributed by atoms with E-state index in [1.807, 2.05) is 0 Å². The lowest BCUT2D eigenvalue weighted by atomic mass is 10.0. The molecule has 0 aromatic heterocycles. The lowest BCUT2D eigenvalue weighted by Crippen LogP contribution is -2.41. The normalized spacial score (nSPS) is 25.4. The lowest BCUT2D eigenvalue weighted by Gasteiger charge is -2.21. The van der Waals surface area contributed by atoms with Crippen molar-refractivity contribution in [1.29, 1.82) is 0 Å². The lowest BCUT2D eigenvalue weighted by molar-refractivity contribution is 0.175. The molecule has 1 saturated heterocycles. The maximum Gasteiger partial charge on any atom is 0.0620 e. The van der Waals surface area contributed by atoms with Crippen molar-refractivity contribution in [3.8, 4) is 0 Å². The van der Waals surface area contributed by atoms with Crippen molar-refractivity contribution >= 4 is 0 Å². The van der Waals surface area contributed by atoms with Gasteiger partial charge in [-0.05, 0) is 18.8 Å². The summed E-state index contributed by atoms with van der Waals surface area (Å²) in [5, 5.41) is 12.6. The standard InChI is InChI=1S/C10H21NO2/c1-8(2)5-10(6-12)11-9-3-4-13-7-9/h8-12H,3-7H2,1-2H3. The van der Waals surface area contributed by atoms with Crippen LogP contribution in [0.5, 0.6) is 0 Å². The number of nitrogens with one attached hydrogen (secondary N) is 1. The Morgan fingerprint density at radius 2 is 2.31 bits per heavy atom. The zero-order chi connectivity index (χ0) is 9.68. The number of hydrogen-bond acceptors (Lipinski definition) is 3. The van der Waals surface area contributed by atoms with E-state index in [2.05, 4.69) is 19.2 Å². The zero-order valence-electron chi connectivity index (χ0n) is 8.62. The summed E-state index contributed by atoms with van der Waals surface area (Å²) >= 11 is 0. The highest BCUT2D eigenvalue weighted by Gasteiger charge is 2.19. The van der Waals surface area contributed by atoms with E-state index in [0.29, 0.717) is 12.0 Å². The predicted octanol–water partition coefficient (Wildman–Crippen LogP) is 0.772. The molecule has 3 heteroatoms. The quantitative estimate of drug-likeness (QED) is 0.668. The minimum Gasteiger partial charge on any atom is -0.395 e. The molecule has 1 rings (SSSR count). The largest absolute Gasteiger partial charge is 0.395 e. The van der Waals surface area contributed by atoms with Crippen molar-refractivity contribution < 1.29 is 9.84 Å². The summed E-state index contributed by atoms with van der Waals surface area (Å²) < 4.78 is 5.26. The highest BCUT2D eigenvalue weighted by Crippen LogP contribution is 2.09. The highest BCUT2D eigenvalue weighted by atomic mass is 16.5. The fourth-order valence-electron chi connectivity index (χ4n) is 1.76. The van der Waals surface area contributed by atoms with E-state index in [4.69, 9.17) is 9.84 Å². The first kappa shape index (κ1) is 11.0. The van der Waals surface area contributed by atoms with E-state index in [1.165, 1.54) is 0 Å². The van der Waals surface area contributed by atoms with Crippen molar-refractivity contribution in [3.05, 3.63) is 0 Å². The van der Waals surface area contributed by atoms with Crippen LogP contribution in [-0.4, -0.2) is 37.0 Å². The summed E-state index contributed by atoms with van der Waals surface area (Å²) in [6.07, 6.45) is 2.11. The molecule has 0 saturated carbocycles. The van der Waals surface area contributed by atoms with Crippen molar-refractivity contribution in [2.45, 2.75) is 38.8 Å². The van der Waals surface area contributed by atoms with Gasteiger partial charge < -0.3 is 15.2 Å². The Balaban J connectivity index is 2.21. The summed E-state index contributed by atoms with van der Waals surface area (Å²) in [5.74, 6) is 0.631. The molecule has 3 nitrogen and oxygen atoms in total. The van der Waals surface area contributed by atoms with E-state index in [-0.39, 0.29) is 12.6 Å². The summed E-state index contributed by atoms with van der Waals surface area (Å²) in [5.41, 5.74) is 0. The second kappa shape index (κ2) is 5.58. The van der Waals surface area contributed by atoms with Gasteiger partial charge in [-0.25, -0.2) is 0 Å². The first-order valence-corrected chi connectivity index (χ1v) is 5.17. The van der Waals surface area contributed by atoms with Crippen LogP contribution in [0.25, 0.3) is 0 Å². The molecule has 0 aromatic carbocycles.